The van der Waals surface area contributed by atoms with Crippen LogP contribution in [0.2, 0.25) is 0 Å². The number of likely N-dealkylation sites (N-methyl/N-ethyl adjacent to an activating group) is 1. The van der Waals surface area contributed by atoms with Crippen LogP contribution >= 0.6 is 0 Å². The first kappa shape index (κ1) is 21.1. The Balaban J connectivity index is 1.56. The molecular formula is C24H32N3O2+. The Kier molecular flexibility index (Phi) is 7.04. The summed E-state index contributed by atoms with van der Waals surface area (Å²) in [7, 11) is 1.90. The summed E-state index contributed by atoms with van der Waals surface area (Å²) in [4.78, 5) is 28.3. The van der Waals surface area contributed by atoms with Gasteiger partial charge >= 0.3 is 0 Å². The summed E-state index contributed by atoms with van der Waals surface area (Å²) in [6.07, 6.45) is 2.39. The molecule has 0 bridgehead atoms. The average molecular weight is 395 g/mol. The number of nitrogens with zero attached hydrogens (tertiary/aromatic N) is 1. The van der Waals surface area contributed by atoms with Crippen LogP contribution in [0.25, 0.3) is 0 Å². The van der Waals surface area contributed by atoms with Gasteiger partial charge in [0, 0.05) is 18.3 Å². The number of rotatable bonds is 9. The number of quaternary nitrogens is 1. The zero-order chi connectivity index (χ0) is 20.8. The summed E-state index contributed by atoms with van der Waals surface area (Å²) in [5, 5.41) is 2.91. The molecule has 2 N–H and O–H groups in total. The predicted octanol–water partition coefficient (Wildman–Crippen LogP) is 2.28. The minimum Gasteiger partial charge on any atom is -0.331 e. The first-order chi connectivity index (χ1) is 13.9. The maximum Gasteiger partial charge on any atom is 0.279 e. The van der Waals surface area contributed by atoms with E-state index in [-0.39, 0.29) is 24.4 Å². The minimum absolute atomic E-state index is 0.0796. The molecule has 2 amide bonds. The Morgan fingerprint density at radius 3 is 2.34 bits per heavy atom. The first-order valence-corrected chi connectivity index (χ1v) is 10.4. The first-order valence-electron chi connectivity index (χ1n) is 10.4. The van der Waals surface area contributed by atoms with Crippen molar-refractivity contribution in [3.8, 4) is 0 Å². The van der Waals surface area contributed by atoms with Crippen molar-refractivity contribution in [2.75, 3.05) is 25.5 Å². The molecule has 2 atom stereocenters. The third-order valence-corrected chi connectivity index (χ3v) is 5.56. The van der Waals surface area contributed by atoms with E-state index < -0.39 is 0 Å². The molecule has 0 heterocycles. The molecule has 5 nitrogen and oxygen atoms in total. The Labute approximate surface area is 173 Å². The van der Waals surface area contributed by atoms with E-state index in [4.69, 9.17) is 0 Å². The number of carbonyl (C=O) groups is 2. The number of benzene rings is 2. The topological polar surface area (TPSA) is 53.9 Å². The molecule has 1 aliphatic rings. The van der Waals surface area contributed by atoms with Crippen LogP contribution in [0.1, 0.15) is 30.9 Å². The number of anilines is 1. The quantitative estimate of drug-likeness (QED) is 0.686. The van der Waals surface area contributed by atoms with Crippen LogP contribution in [-0.4, -0.2) is 42.9 Å². The van der Waals surface area contributed by atoms with Gasteiger partial charge in [-0.1, -0.05) is 48.0 Å². The average Bonchev–Trinajstić information content (AvgIpc) is 3.53. The molecule has 154 valence electrons. The molecule has 0 radical (unpaired) electrons. The van der Waals surface area contributed by atoms with E-state index in [1.54, 1.807) is 0 Å². The Hall–Kier alpha value is -2.66. The molecule has 1 aliphatic carbocycles. The van der Waals surface area contributed by atoms with Gasteiger partial charge < -0.3 is 15.1 Å². The molecule has 2 aromatic carbocycles. The van der Waals surface area contributed by atoms with Crippen LogP contribution in [0.3, 0.4) is 0 Å². The number of nitrogens with one attached hydrogen (secondary N) is 2. The minimum atomic E-state index is -0.0796. The molecule has 0 spiro atoms. The van der Waals surface area contributed by atoms with E-state index in [1.807, 2.05) is 61.3 Å². The lowest BCUT2D eigenvalue weighted by Crippen LogP contribution is -3.11. The van der Waals surface area contributed by atoms with Crippen LogP contribution in [0.15, 0.2) is 54.6 Å². The van der Waals surface area contributed by atoms with E-state index in [2.05, 4.69) is 24.4 Å². The Morgan fingerprint density at radius 2 is 1.72 bits per heavy atom. The van der Waals surface area contributed by atoms with Gasteiger partial charge in [0.1, 0.15) is 0 Å². The van der Waals surface area contributed by atoms with Crippen molar-refractivity contribution in [1.82, 2.24) is 4.90 Å². The fraction of sp³-hybridized carbons (Fsp3) is 0.417. The molecule has 0 aliphatic heterocycles. The number of aryl methyl sites for hydroxylation is 1. The molecule has 2 aromatic rings. The van der Waals surface area contributed by atoms with Gasteiger partial charge in [-0.2, -0.15) is 0 Å². The summed E-state index contributed by atoms with van der Waals surface area (Å²) < 4.78 is 0. The van der Waals surface area contributed by atoms with Crippen molar-refractivity contribution in [1.29, 1.82) is 0 Å². The van der Waals surface area contributed by atoms with Crippen LogP contribution < -0.4 is 10.2 Å². The largest absolute Gasteiger partial charge is 0.331 e. The van der Waals surface area contributed by atoms with Crippen molar-refractivity contribution < 1.29 is 14.5 Å². The normalized spacial score (nSPS) is 15.4. The van der Waals surface area contributed by atoms with Crippen molar-refractivity contribution in [3.05, 3.63) is 65.7 Å². The summed E-state index contributed by atoms with van der Waals surface area (Å²) in [5.74, 6) is 0.630. The third-order valence-electron chi connectivity index (χ3n) is 5.56. The summed E-state index contributed by atoms with van der Waals surface area (Å²) in [6, 6.07) is 18.1. The summed E-state index contributed by atoms with van der Waals surface area (Å²) in [5.41, 5.74) is 3.08. The van der Waals surface area contributed by atoms with Gasteiger partial charge in [0.15, 0.2) is 13.1 Å². The molecule has 0 saturated heterocycles. The molecule has 1 fully saturated rings. The van der Waals surface area contributed by atoms with Crippen LogP contribution in [0, 0.1) is 12.8 Å². The molecule has 0 aromatic heterocycles. The van der Waals surface area contributed by atoms with E-state index in [1.165, 1.54) is 12.8 Å². The lowest BCUT2D eigenvalue weighted by Gasteiger charge is -2.30. The van der Waals surface area contributed by atoms with Gasteiger partial charge in [-0.3, -0.25) is 9.59 Å². The molecule has 1 unspecified atom stereocenters. The van der Waals surface area contributed by atoms with Crippen molar-refractivity contribution in [2.24, 2.45) is 5.92 Å². The molecule has 29 heavy (non-hydrogen) atoms. The van der Waals surface area contributed by atoms with Crippen molar-refractivity contribution >= 4 is 17.5 Å². The van der Waals surface area contributed by atoms with Crippen molar-refractivity contribution in [3.63, 3.8) is 0 Å². The monoisotopic (exact) mass is 394 g/mol. The van der Waals surface area contributed by atoms with Gasteiger partial charge in [0.05, 0.1) is 7.05 Å². The van der Waals surface area contributed by atoms with Gasteiger partial charge in [0.25, 0.3) is 11.8 Å². The third kappa shape index (κ3) is 6.43. The van der Waals surface area contributed by atoms with E-state index >= 15 is 0 Å². The lowest BCUT2D eigenvalue weighted by atomic mass is 10.1. The predicted molar refractivity (Wildman–Crippen MR) is 116 cm³/mol. The maximum absolute atomic E-state index is 13.1. The van der Waals surface area contributed by atoms with Crippen LogP contribution in [0.4, 0.5) is 5.69 Å². The molecule has 1 saturated carbocycles. The Bertz CT molecular complexity index is 816. The van der Waals surface area contributed by atoms with Crippen molar-refractivity contribution in [2.45, 2.75) is 39.3 Å². The van der Waals surface area contributed by atoms with Gasteiger partial charge in [-0.15, -0.1) is 0 Å². The SMILES string of the molecule is Cc1ccc(NC(=O)C[NH+](C)CC(=O)N(Cc2ccccc2)[C@H](C)C2CC2)cc1. The lowest BCUT2D eigenvalue weighted by molar-refractivity contribution is -0.862. The zero-order valence-electron chi connectivity index (χ0n) is 17.7. The number of hydrogen-bond donors (Lipinski definition) is 2. The second kappa shape index (κ2) is 9.70. The van der Waals surface area contributed by atoms with Gasteiger partial charge in [-0.05, 0) is 50.3 Å². The van der Waals surface area contributed by atoms with E-state index in [0.29, 0.717) is 19.0 Å². The highest BCUT2D eigenvalue weighted by molar-refractivity contribution is 5.91. The Morgan fingerprint density at radius 1 is 1.07 bits per heavy atom. The van der Waals surface area contributed by atoms with E-state index in [9.17, 15) is 9.59 Å². The summed E-state index contributed by atoms with van der Waals surface area (Å²) >= 11 is 0. The molecule has 3 rings (SSSR count). The van der Waals surface area contributed by atoms with Crippen LogP contribution in [-0.2, 0) is 16.1 Å². The van der Waals surface area contributed by atoms with E-state index in [0.717, 1.165) is 21.7 Å². The second-order valence-corrected chi connectivity index (χ2v) is 8.31. The standard InChI is InChI=1S/C24H31N3O2/c1-18-9-13-22(14-10-18)25-23(28)16-26(3)17-24(29)27(19(2)21-11-12-21)15-20-7-5-4-6-8-20/h4-10,13-14,19,21H,11-12,15-17H2,1-3H3,(H,25,28)/p+1/t19-/m1/s1. The highest BCUT2D eigenvalue weighted by atomic mass is 16.2. The molecule has 5 heteroatoms. The summed E-state index contributed by atoms with van der Waals surface area (Å²) in [6.45, 7) is 5.36. The smallest absolute Gasteiger partial charge is 0.279 e. The number of amides is 2. The van der Waals surface area contributed by atoms with Gasteiger partial charge in [0.2, 0.25) is 0 Å². The highest BCUT2D eigenvalue weighted by Gasteiger charge is 2.35. The van der Waals surface area contributed by atoms with Crippen LogP contribution in [0.5, 0.6) is 0 Å². The van der Waals surface area contributed by atoms with Gasteiger partial charge in [-0.25, -0.2) is 0 Å². The number of hydrogen-bond acceptors (Lipinski definition) is 2. The highest BCUT2D eigenvalue weighted by Crippen LogP contribution is 2.35. The molecular weight excluding hydrogens is 362 g/mol. The second-order valence-electron chi connectivity index (χ2n) is 8.31. The maximum atomic E-state index is 13.1. The fourth-order valence-electron chi connectivity index (χ4n) is 3.61. The zero-order valence-corrected chi connectivity index (χ0v) is 17.7. The number of carbonyl (C=O) groups excluding carboxylic acids is 2. The fourth-order valence-corrected chi connectivity index (χ4v) is 3.61.